The van der Waals surface area contributed by atoms with Gasteiger partial charge in [0.1, 0.15) is 11.0 Å². The molecule has 0 spiro atoms. The molecule has 0 saturated heterocycles. The maximum atomic E-state index is 4.78. The molecule has 4 nitrogen and oxygen atoms in total. The number of fused-ring (bicyclic) bond motifs is 9. The molecule has 6 heteroatoms. The summed E-state index contributed by atoms with van der Waals surface area (Å²) in [5.41, 5.74) is 3.08. The maximum Gasteiger partial charge on any atom is 0.213 e. The fourth-order valence-electron chi connectivity index (χ4n) is 3.43. The molecule has 112 valence electrons. The van der Waals surface area contributed by atoms with Crippen molar-refractivity contribution >= 4 is 77.0 Å². The molecule has 6 rings (SSSR count). The number of benzene rings is 3. The second kappa shape index (κ2) is 4.43. The fraction of sp³-hybridized carbons (Fsp3) is 0. The molecule has 0 aliphatic rings. The van der Waals surface area contributed by atoms with E-state index < -0.39 is 0 Å². The van der Waals surface area contributed by atoms with Crippen molar-refractivity contribution in [3.63, 3.8) is 0 Å². The van der Waals surface area contributed by atoms with Crippen LogP contribution in [-0.2, 0) is 0 Å². The predicted octanol–water partition coefficient (Wildman–Crippen LogP) is 5.16. The van der Waals surface area contributed by atoms with Gasteiger partial charge in [-0.05, 0) is 22.2 Å². The summed E-state index contributed by atoms with van der Waals surface area (Å²) in [5, 5.41) is 8.21. The Morgan fingerprint density at radius 2 is 1.54 bits per heavy atom. The van der Waals surface area contributed by atoms with Crippen LogP contribution in [0.4, 0.5) is 0 Å². The first-order valence-corrected chi connectivity index (χ1v) is 9.12. The molecule has 0 bridgehead atoms. The van der Waals surface area contributed by atoms with Gasteiger partial charge in [-0.2, -0.15) is 8.75 Å². The minimum absolute atomic E-state index is 0.623. The zero-order chi connectivity index (χ0) is 15.7. The second-order valence-corrected chi connectivity index (χ2v) is 7.15. The van der Waals surface area contributed by atoms with Crippen LogP contribution >= 0.6 is 23.1 Å². The van der Waals surface area contributed by atoms with Crippen LogP contribution < -0.4 is 0 Å². The molecule has 3 aromatic carbocycles. The van der Waals surface area contributed by atoms with Gasteiger partial charge in [0, 0.05) is 16.2 Å². The van der Waals surface area contributed by atoms with E-state index >= 15 is 0 Å². The zero-order valence-corrected chi connectivity index (χ0v) is 13.9. The zero-order valence-electron chi connectivity index (χ0n) is 12.2. The molecule has 0 aliphatic carbocycles. The quantitative estimate of drug-likeness (QED) is 0.357. The summed E-state index contributed by atoms with van der Waals surface area (Å²) in [4.78, 5) is 9.54. The van der Waals surface area contributed by atoms with Crippen LogP contribution in [0.3, 0.4) is 0 Å². The van der Waals surface area contributed by atoms with Crippen molar-refractivity contribution in [3.8, 4) is 0 Å². The molecule has 0 radical (unpaired) electrons. The van der Waals surface area contributed by atoms with Crippen molar-refractivity contribution in [2.24, 2.45) is 0 Å². The van der Waals surface area contributed by atoms with Crippen LogP contribution in [0.5, 0.6) is 0 Å². The number of nitrogens with zero attached hydrogens (tertiary/aromatic N) is 4. The number of rotatable bonds is 0. The van der Waals surface area contributed by atoms with Gasteiger partial charge in [-0.25, -0.2) is 9.97 Å². The molecule has 0 N–H and O–H groups in total. The summed E-state index contributed by atoms with van der Waals surface area (Å²) in [5.74, 6) is 0. The molecule has 0 fully saturated rings. The molecule has 0 aliphatic heterocycles. The van der Waals surface area contributed by atoms with Gasteiger partial charge in [0.2, 0.25) is 11.3 Å². The number of aromatic nitrogens is 4. The van der Waals surface area contributed by atoms with Crippen molar-refractivity contribution in [3.05, 3.63) is 47.8 Å². The van der Waals surface area contributed by atoms with Gasteiger partial charge >= 0.3 is 0 Å². The molecule has 0 unspecified atom stereocenters. The van der Waals surface area contributed by atoms with E-state index in [0.29, 0.717) is 11.3 Å². The Hall–Kier alpha value is -2.70. The molecular weight excluding hydrogens is 336 g/mol. The highest BCUT2D eigenvalue weighted by molar-refractivity contribution is 7.18. The summed E-state index contributed by atoms with van der Waals surface area (Å²) in [7, 11) is 0. The first-order valence-electron chi connectivity index (χ1n) is 7.51. The molecule has 24 heavy (non-hydrogen) atoms. The van der Waals surface area contributed by atoms with Crippen molar-refractivity contribution < 1.29 is 0 Å². The van der Waals surface area contributed by atoms with Crippen LogP contribution in [0.1, 0.15) is 0 Å². The van der Waals surface area contributed by atoms with E-state index in [-0.39, 0.29) is 0 Å². The van der Waals surface area contributed by atoms with Crippen molar-refractivity contribution in [2.45, 2.75) is 0 Å². The van der Waals surface area contributed by atoms with E-state index in [1.807, 2.05) is 0 Å². The summed E-state index contributed by atoms with van der Waals surface area (Å²) in [6.45, 7) is 0. The number of hydrogen-bond donors (Lipinski definition) is 0. The first kappa shape index (κ1) is 12.7. The van der Waals surface area contributed by atoms with Crippen LogP contribution in [0.15, 0.2) is 47.8 Å². The van der Waals surface area contributed by atoms with E-state index in [0.717, 1.165) is 32.8 Å². The molecule has 0 saturated carbocycles. The van der Waals surface area contributed by atoms with Crippen molar-refractivity contribution in [1.29, 1.82) is 0 Å². The average Bonchev–Trinajstić information content (AvgIpc) is 3.28. The van der Waals surface area contributed by atoms with Gasteiger partial charge in [0.05, 0.1) is 16.4 Å². The average molecular weight is 344 g/mol. The standard InChI is InChI=1S/C18H8N4S2/c1-2-4-10-9(3-1)5-6-11-13(10)12-7-8-23-16(12)15-14(11)19-17-18(20-15)22-24-21-17/h1-8H. The lowest BCUT2D eigenvalue weighted by Crippen LogP contribution is -1.90. The third-order valence-corrected chi connectivity index (χ3v) is 5.88. The Labute approximate surface area is 143 Å². The predicted molar refractivity (Wildman–Crippen MR) is 101 cm³/mol. The molecule has 3 aromatic heterocycles. The molecular formula is C18H8N4S2. The van der Waals surface area contributed by atoms with Crippen LogP contribution in [0, 0.1) is 0 Å². The highest BCUT2D eigenvalue weighted by Crippen LogP contribution is 2.40. The van der Waals surface area contributed by atoms with E-state index in [4.69, 9.17) is 9.97 Å². The third-order valence-electron chi connectivity index (χ3n) is 4.45. The Morgan fingerprint density at radius 3 is 2.46 bits per heavy atom. The number of thiophene rings is 1. The fourth-order valence-corrected chi connectivity index (χ4v) is 4.76. The monoisotopic (exact) mass is 344 g/mol. The van der Waals surface area contributed by atoms with Gasteiger partial charge in [0.15, 0.2) is 0 Å². The smallest absolute Gasteiger partial charge is 0.213 e. The topological polar surface area (TPSA) is 51.6 Å². The Kier molecular flexibility index (Phi) is 2.34. The molecule has 6 aromatic rings. The Balaban J connectivity index is 2.02. The van der Waals surface area contributed by atoms with Crippen LogP contribution in [0.2, 0.25) is 0 Å². The minimum Gasteiger partial charge on any atom is -0.222 e. The molecule has 0 atom stereocenters. The highest BCUT2D eigenvalue weighted by atomic mass is 32.1. The van der Waals surface area contributed by atoms with Gasteiger partial charge < -0.3 is 0 Å². The lowest BCUT2D eigenvalue weighted by Gasteiger charge is -2.08. The lowest BCUT2D eigenvalue weighted by molar-refractivity contribution is 1.36. The summed E-state index contributed by atoms with van der Waals surface area (Å²) in [6.07, 6.45) is 0. The van der Waals surface area contributed by atoms with Crippen molar-refractivity contribution in [2.75, 3.05) is 0 Å². The van der Waals surface area contributed by atoms with Gasteiger partial charge in [-0.15, -0.1) is 11.3 Å². The Morgan fingerprint density at radius 1 is 0.708 bits per heavy atom. The van der Waals surface area contributed by atoms with E-state index in [1.54, 1.807) is 11.3 Å². The third kappa shape index (κ3) is 1.52. The largest absolute Gasteiger partial charge is 0.222 e. The van der Waals surface area contributed by atoms with Gasteiger partial charge in [0.25, 0.3) is 0 Å². The van der Waals surface area contributed by atoms with Crippen molar-refractivity contribution in [1.82, 2.24) is 18.7 Å². The van der Waals surface area contributed by atoms with Crippen LogP contribution in [-0.4, -0.2) is 18.7 Å². The minimum atomic E-state index is 0.623. The van der Waals surface area contributed by atoms with E-state index in [9.17, 15) is 0 Å². The highest BCUT2D eigenvalue weighted by Gasteiger charge is 2.16. The lowest BCUT2D eigenvalue weighted by atomic mass is 9.98. The molecule has 0 amide bonds. The normalized spacial score (nSPS) is 12.2. The summed E-state index contributed by atoms with van der Waals surface area (Å²) in [6, 6.07) is 15.0. The second-order valence-electron chi connectivity index (χ2n) is 5.70. The summed E-state index contributed by atoms with van der Waals surface area (Å²) < 4.78 is 9.68. The van der Waals surface area contributed by atoms with E-state index in [2.05, 4.69) is 56.6 Å². The summed E-state index contributed by atoms with van der Waals surface area (Å²) >= 11 is 2.86. The Bertz CT molecular complexity index is 1410. The molecule has 3 heterocycles. The SMILES string of the molecule is c1ccc2c(c1)ccc1c3nc4nsnc4nc3c3sccc3c21. The first-order chi connectivity index (χ1) is 11.9. The van der Waals surface area contributed by atoms with Gasteiger partial charge in [-0.3, -0.25) is 0 Å². The van der Waals surface area contributed by atoms with E-state index in [1.165, 1.54) is 21.5 Å². The number of hydrogen-bond acceptors (Lipinski definition) is 6. The van der Waals surface area contributed by atoms with Crippen LogP contribution in [0.25, 0.3) is 54.0 Å². The van der Waals surface area contributed by atoms with Gasteiger partial charge in [-0.1, -0.05) is 36.4 Å². The maximum absolute atomic E-state index is 4.78.